The molecule has 0 aromatic carbocycles. The Hall–Kier alpha value is -1.29. The van der Waals surface area contributed by atoms with Gasteiger partial charge < -0.3 is 14.8 Å². The highest BCUT2D eigenvalue weighted by Crippen LogP contribution is 2.16. The van der Waals surface area contributed by atoms with Crippen LogP contribution in [0.2, 0.25) is 0 Å². The van der Waals surface area contributed by atoms with Crippen molar-refractivity contribution in [2.24, 2.45) is 5.92 Å². The van der Waals surface area contributed by atoms with Gasteiger partial charge >= 0.3 is 0 Å². The Morgan fingerprint density at radius 1 is 1.47 bits per heavy atom. The molecule has 1 aromatic heterocycles. The van der Waals surface area contributed by atoms with Crippen molar-refractivity contribution in [2.45, 2.75) is 39.2 Å². The van der Waals surface area contributed by atoms with Crippen LogP contribution in [0.5, 0.6) is 0 Å². The van der Waals surface area contributed by atoms with Crippen LogP contribution in [0.25, 0.3) is 0 Å². The summed E-state index contributed by atoms with van der Waals surface area (Å²) in [6.07, 6.45) is 3.05. The van der Waals surface area contributed by atoms with Crippen LogP contribution < -0.4 is 5.32 Å². The van der Waals surface area contributed by atoms with Gasteiger partial charge in [-0.2, -0.15) is 0 Å². The topological polar surface area (TPSA) is 62.5 Å². The van der Waals surface area contributed by atoms with Crippen molar-refractivity contribution < 1.29 is 14.3 Å². The lowest BCUT2D eigenvalue weighted by Gasteiger charge is -2.13. The molecule has 0 fully saturated rings. The molecular weight excluding hydrogens is 218 g/mol. The molecule has 0 saturated carbocycles. The first kappa shape index (κ1) is 13.8. The molecule has 1 unspecified atom stereocenters. The lowest BCUT2D eigenvalue weighted by atomic mass is 10.0. The zero-order chi connectivity index (χ0) is 12.7. The van der Waals surface area contributed by atoms with E-state index in [1.807, 2.05) is 13.8 Å². The van der Waals surface area contributed by atoms with Gasteiger partial charge in [-0.05, 0) is 31.4 Å². The van der Waals surface area contributed by atoms with Gasteiger partial charge in [0.25, 0.3) is 0 Å². The first-order chi connectivity index (χ1) is 8.19. The van der Waals surface area contributed by atoms with Gasteiger partial charge in [-0.25, -0.2) is 0 Å². The third-order valence-corrected chi connectivity index (χ3v) is 2.95. The SMILES string of the molecule is CCC(CC)C(=O)NCCC(O)c1ccco1. The van der Waals surface area contributed by atoms with Crippen LogP contribution >= 0.6 is 0 Å². The number of hydrogen-bond acceptors (Lipinski definition) is 3. The largest absolute Gasteiger partial charge is 0.467 e. The molecule has 4 heteroatoms. The van der Waals surface area contributed by atoms with E-state index in [0.29, 0.717) is 18.7 Å². The molecule has 0 bridgehead atoms. The first-order valence-electron chi connectivity index (χ1n) is 6.18. The number of carbonyl (C=O) groups excluding carboxylic acids is 1. The van der Waals surface area contributed by atoms with Gasteiger partial charge in [0.2, 0.25) is 5.91 Å². The van der Waals surface area contributed by atoms with Gasteiger partial charge in [0.15, 0.2) is 0 Å². The average molecular weight is 239 g/mol. The number of rotatable bonds is 7. The van der Waals surface area contributed by atoms with Gasteiger partial charge in [0.05, 0.1) is 6.26 Å². The minimum absolute atomic E-state index is 0.0710. The summed E-state index contributed by atoms with van der Waals surface area (Å²) in [5.41, 5.74) is 0. The minimum atomic E-state index is -0.646. The molecule has 0 aliphatic rings. The number of aliphatic hydroxyl groups is 1. The second-order valence-corrected chi connectivity index (χ2v) is 4.12. The van der Waals surface area contributed by atoms with E-state index in [4.69, 9.17) is 4.42 Å². The highest BCUT2D eigenvalue weighted by molar-refractivity contribution is 5.78. The van der Waals surface area contributed by atoms with E-state index in [1.54, 1.807) is 12.1 Å². The summed E-state index contributed by atoms with van der Waals surface area (Å²) in [7, 11) is 0. The zero-order valence-corrected chi connectivity index (χ0v) is 10.5. The molecule has 1 rings (SSSR count). The second kappa shape index (κ2) is 7.12. The quantitative estimate of drug-likeness (QED) is 0.767. The van der Waals surface area contributed by atoms with E-state index in [9.17, 15) is 9.90 Å². The maximum absolute atomic E-state index is 11.7. The molecule has 4 nitrogen and oxygen atoms in total. The van der Waals surface area contributed by atoms with E-state index in [0.717, 1.165) is 12.8 Å². The second-order valence-electron chi connectivity index (χ2n) is 4.12. The lowest BCUT2D eigenvalue weighted by molar-refractivity contribution is -0.125. The lowest BCUT2D eigenvalue weighted by Crippen LogP contribution is -2.31. The summed E-state index contributed by atoms with van der Waals surface area (Å²) in [5, 5.41) is 12.6. The summed E-state index contributed by atoms with van der Waals surface area (Å²) in [5.74, 6) is 0.694. The van der Waals surface area contributed by atoms with E-state index < -0.39 is 6.10 Å². The highest BCUT2D eigenvalue weighted by Gasteiger charge is 2.15. The number of nitrogens with one attached hydrogen (secondary N) is 1. The number of carbonyl (C=O) groups is 1. The molecule has 1 aromatic rings. The van der Waals surface area contributed by atoms with Crippen molar-refractivity contribution in [3.05, 3.63) is 24.2 Å². The summed E-state index contributed by atoms with van der Waals surface area (Å²) in [4.78, 5) is 11.7. The van der Waals surface area contributed by atoms with Crippen LogP contribution in [0.3, 0.4) is 0 Å². The van der Waals surface area contributed by atoms with E-state index in [1.165, 1.54) is 6.26 Å². The predicted molar refractivity (Wildman–Crippen MR) is 65.4 cm³/mol. The predicted octanol–water partition coefficient (Wildman–Crippen LogP) is 2.26. The standard InChI is InChI=1S/C13H21NO3/c1-3-10(4-2)13(16)14-8-7-11(15)12-6-5-9-17-12/h5-6,9-11,15H,3-4,7-8H2,1-2H3,(H,14,16). The summed E-state index contributed by atoms with van der Waals surface area (Å²) >= 11 is 0. The molecule has 2 N–H and O–H groups in total. The van der Waals surface area contributed by atoms with Crippen molar-refractivity contribution in [2.75, 3.05) is 6.54 Å². The Balaban J connectivity index is 2.26. The third-order valence-electron chi connectivity index (χ3n) is 2.95. The average Bonchev–Trinajstić information content (AvgIpc) is 2.84. The number of furan rings is 1. The smallest absolute Gasteiger partial charge is 0.223 e. The maximum Gasteiger partial charge on any atom is 0.223 e. The molecule has 0 aliphatic carbocycles. The van der Waals surface area contributed by atoms with E-state index in [-0.39, 0.29) is 11.8 Å². The number of hydrogen-bond donors (Lipinski definition) is 2. The molecule has 1 atom stereocenters. The Bertz CT molecular complexity index is 317. The molecule has 0 saturated heterocycles. The van der Waals surface area contributed by atoms with Gasteiger partial charge in [-0.3, -0.25) is 4.79 Å². The van der Waals surface area contributed by atoms with Crippen molar-refractivity contribution in [3.8, 4) is 0 Å². The summed E-state index contributed by atoms with van der Waals surface area (Å²) in [6.45, 7) is 4.48. The highest BCUT2D eigenvalue weighted by atomic mass is 16.4. The fourth-order valence-electron chi connectivity index (χ4n) is 1.76. The fourth-order valence-corrected chi connectivity index (χ4v) is 1.76. The van der Waals surface area contributed by atoms with Crippen LogP contribution in [-0.4, -0.2) is 17.6 Å². The number of aliphatic hydroxyl groups excluding tert-OH is 1. The van der Waals surface area contributed by atoms with Gasteiger partial charge in [0, 0.05) is 12.5 Å². The summed E-state index contributed by atoms with van der Waals surface area (Å²) < 4.78 is 5.08. The Labute approximate surface area is 102 Å². The Morgan fingerprint density at radius 2 is 2.18 bits per heavy atom. The van der Waals surface area contributed by atoms with Crippen molar-refractivity contribution in [3.63, 3.8) is 0 Å². The normalized spacial score (nSPS) is 12.7. The maximum atomic E-state index is 11.7. The fraction of sp³-hybridized carbons (Fsp3) is 0.615. The van der Waals surface area contributed by atoms with Crippen molar-refractivity contribution in [1.29, 1.82) is 0 Å². The van der Waals surface area contributed by atoms with Crippen LogP contribution in [-0.2, 0) is 4.79 Å². The molecule has 96 valence electrons. The van der Waals surface area contributed by atoms with Gasteiger partial charge in [0.1, 0.15) is 11.9 Å². The molecule has 1 heterocycles. The summed E-state index contributed by atoms with van der Waals surface area (Å²) in [6, 6.07) is 3.47. The van der Waals surface area contributed by atoms with E-state index in [2.05, 4.69) is 5.32 Å². The first-order valence-corrected chi connectivity index (χ1v) is 6.18. The van der Waals surface area contributed by atoms with Crippen LogP contribution in [0.1, 0.15) is 45.0 Å². The molecule has 0 aliphatic heterocycles. The Morgan fingerprint density at radius 3 is 2.71 bits per heavy atom. The monoisotopic (exact) mass is 239 g/mol. The zero-order valence-electron chi connectivity index (χ0n) is 10.5. The molecule has 1 amide bonds. The number of amides is 1. The molecular formula is C13H21NO3. The van der Waals surface area contributed by atoms with E-state index >= 15 is 0 Å². The minimum Gasteiger partial charge on any atom is -0.467 e. The van der Waals surface area contributed by atoms with Crippen LogP contribution in [0.15, 0.2) is 22.8 Å². The third kappa shape index (κ3) is 4.23. The molecule has 17 heavy (non-hydrogen) atoms. The molecule has 0 radical (unpaired) electrons. The Kier molecular flexibility index (Phi) is 5.77. The van der Waals surface area contributed by atoms with Gasteiger partial charge in [-0.15, -0.1) is 0 Å². The van der Waals surface area contributed by atoms with Crippen molar-refractivity contribution in [1.82, 2.24) is 5.32 Å². The van der Waals surface area contributed by atoms with Crippen LogP contribution in [0, 0.1) is 5.92 Å². The van der Waals surface area contributed by atoms with Crippen LogP contribution in [0.4, 0.5) is 0 Å². The molecule has 0 spiro atoms. The van der Waals surface area contributed by atoms with Crippen molar-refractivity contribution >= 4 is 5.91 Å². The van der Waals surface area contributed by atoms with Gasteiger partial charge in [-0.1, -0.05) is 13.8 Å².